The Morgan fingerprint density at radius 2 is 2.00 bits per heavy atom. The van der Waals surface area contributed by atoms with Gasteiger partial charge in [0, 0.05) is 23.8 Å². The number of halogens is 1. The van der Waals surface area contributed by atoms with Crippen LogP contribution < -0.4 is 5.32 Å². The lowest BCUT2D eigenvalue weighted by Gasteiger charge is -2.43. The molecule has 0 aromatic heterocycles. The van der Waals surface area contributed by atoms with Crippen molar-refractivity contribution in [2.45, 2.75) is 38.3 Å². The standard InChI is InChI=1S/C20H22FNO/c1-2-13-5-10-18-17(12-13)20-16(4-3-11-23-20)19(22-18)14-6-8-15(21)9-7-14/h5-10,12,16,19-20,22H,2-4,11H2,1H3. The van der Waals surface area contributed by atoms with Crippen molar-refractivity contribution in [2.75, 3.05) is 11.9 Å². The topological polar surface area (TPSA) is 21.3 Å². The lowest BCUT2D eigenvalue weighted by molar-refractivity contribution is -0.0381. The van der Waals surface area contributed by atoms with Crippen LogP contribution >= 0.6 is 0 Å². The number of hydrogen-bond acceptors (Lipinski definition) is 2. The molecule has 2 aliphatic heterocycles. The Bertz CT molecular complexity index is 697. The van der Waals surface area contributed by atoms with Crippen LogP contribution in [0.4, 0.5) is 10.1 Å². The van der Waals surface area contributed by atoms with E-state index in [-0.39, 0.29) is 18.0 Å². The van der Waals surface area contributed by atoms with Crippen LogP contribution in [0.15, 0.2) is 42.5 Å². The van der Waals surface area contributed by atoms with Crippen LogP contribution in [-0.2, 0) is 11.2 Å². The number of nitrogens with one attached hydrogen (secondary N) is 1. The Morgan fingerprint density at radius 1 is 1.17 bits per heavy atom. The first-order valence-electron chi connectivity index (χ1n) is 8.52. The van der Waals surface area contributed by atoms with Crippen LogP contribution in [0.1, 0.15) is 48.6 Å². The predicted molar refractivity (Wildman–Crippen MR) is 90.0 cm³/mol. The molecule has 3 atom stereocenters. The minimum absolute atomic E-state index is 0.140. The van der Waals surface area contributed by atoms with E-state index in [0.717, 1.165) is 37.1 Å². The van der Waals surface area contributed by atoms with Gasteiger partial charge >= 0.3 is 0 Å². The van der Waals surface area contributed by atoms with Gasteiger partial charge in [-0.15, -0.1) is 0 Å². The molecule has 2 aromatic carbocycles. The Morgan fingerprint density at radius 3 is 2.78 bits per heavy atom. The van der Waals surface area contributed by atoms with Crippen LogP contribution in [0, 0.1) is 11.7 Å². The monoisotopic (exact) mass is 311 g/mol. The second-order valence-electron chi connectivity index (χ2n) is 6.55. The van der Waals surface area contributed by atoms with Crippen molar-refractivity contribution in [3.8, 4) is 0 Å². The van der Waals surface area contributed by atoms with Gasteiger partial charge in [0.2, 0.25) is 0 Å². The average Bonchev–Trinajstić information content (AvgIpc) is 2.61. The van der Waals surface area contributed by atoms with Crippen LogP contribution in [-0.4, -0.2) is 6.61 Å². The van der Waals surface area contributed by atoms with Crippen molar-refractivity contribution in [3.05, 3.63) is 65.0 Å². The predicted octanol–water partition coefficient (Wildman–Crippen LogP) is 5.02. The molecule has 23 heavy (non-hydrogen) atoms. The minimum Gasteiger partial charge on any atom is -0.378 e. The van der Waals surface area contributed by atoms with Gasteiger partial charge in [-0.25, -0.2) is 4.39 Å². The third-order valence-corrected chi connectivity index (χ3v) is 5.17. The molecule has 0 spiro atoms. The molecule has 0 bridgehead atoms. The molecule has 1 fully saturated rings. The lowest BCUT2D eigenvalue weighted by atomic mass is 9.77. The van der Waals surface area contributed by atoms with E-state index < -0.39 is 0 Å². The number of aryl methyl sites for hydroxylation is 1. The van der Waals surface area contributed by atoms with E-state index in [9.17, 15) is 4.39 Å². The smallest absolute Gasteiger partial charge is 0.123 e. The van der Waals surface area contributed by atoms with Crippen molar-refractivity contribution >= 4 is 5.69 Å². The van der Waals surface area contributed by atoms with Crippen LogP contribution in [0.5, 0.6) is 0 Å². The highest BCUT2D eigenvalue weighted by atomic mass is 19.1. The molecule has 3 heteroatoms. The molecule has 2 nitrogen and oxygen atoms in total. The first-order chi connectivity index (χ1) is 11.3. The molecular formula is C20H22FNO. The van der Waals surface area contributed by atoms with Crippen LogP contribution in [0.2, 0.25) is 0 Å². The van der Waals surface area contributed by atoms with Crippen LogP contribution in [0.25, 0.3) is 0 Å². The Hall–Kier alpha value is -1.87. The molecule has 4 rings (SSSR count). The normalized spacial score (nSPS) is 26.1. The highest BCUT2D eigenvalue weighted by Gasteiger charge is 2.39. The molecule has 0 radical (unpaired) electrons. The largest absolute Gasteiger partial charge is 0.378 e. The molecule has 2 aliphatic rings. The van der Waals surface area contributed by atoms with Gasteiger partial charge in [0.15, 0.2) is 0 Å². The second-order valence-corrected chi connectivity index (χ2v) is 6.55. The zero-order chi connectivity index (χ0) is 15.8. The highest BCUT2D eigenvalue weighted by Crippen LogP contribution is 2.49. The summed E-state index contributed by atoms with van der Waals surface area (Å²) >= 11 is 0. The number of rotatable bonds is 2. The number of hydrogen-bond donors (Lipinski definition) is 1. The summed E-state index contributed by atoms with van der Waals surface area (Å²) in [6.45, 7) is 3.01. The summed E-state index contributed by atoms with van der Waals surface area (Å²) in [6.07, 6.45) is 3.40. The van der Waals surface area contributed by atoms with E-state index in [2.05, 4.69) is 30.4 Å². The molecular weight excluding hydrogens is 289 g/mol. The Kier molecular flexibility index (Phi) is 3.82. The van der Waals surface area contributed by atoms with Gasteiger partial charge in [0.25, 0.3) is 0 Å². The van der Waals surface area contributed by atoms with Crippen molar-refractivity contribution in [1.29, 1.82) is 0 Å². The molecule has 0 aliphatic carbocycles. The Balaban J connectivity index is 1.75. The van der Waals surface area contributed by atoms with E-state index in [0.29, 0.717) is 5.92 Å². The SMILES string of the molecule is CCc1ccc2c(c1)C1OCCCC1C(c1ccc(F)cc1)N2. The fourth-order valence-electron chi connectivity index (χ4n) is 3.94. The molecule has 2 aromatic rings. The van der Waals surface area contributed by atoms with Crippen molar-refractivity contribution < 1.29 is 9.13 Å². The van der Waals surface area contributed by atoms with Gasteiger partial charge < -0.3 is 10.1 Å². The number of anilines is 1. The van der Waals surface area contributed by atoms with Gasteiger partial charge in [-0.2, -0.15) is 0 Å². The molecule has 1 N–H and O–H groups in total. The van der Waals surface area contributed by atoms with Crippen molar-refractivity contribution in [1.82, 2.24) is 0 Å². The third kappa shape index (κ3) is 2.63. The summed E-state index contributed by atoms with van der Waals surface area (Å²) in [6, 6.07) is 13.7. The molecule has 1 saturated heterocycles. The summed E-state index contributed by atoms with van der Waals surface area (Å²) < 4.78 is 19.4. The maximum Gasteiger partial charge on any atom is 0.123 e. The molecule has 120 valence electrons. The maximum atomic E-state index is 13.3. The average molecular weight is 311 g/mol. The number of fused-ring (bicyclic) bond motifs is 3. The van der Waals surface area contributed by atoms with Gasteiger partial charge in [0.05, 0.1) is 12.1 Å². The van der Waals surface area contributed by atoms with E-state index >= 15 is 0 Å². The number of benzene rings is 2. The fraction of sp³-hybridized carbons (Fsp3) is 0.400. The zero-order valence-electron chi connectivity index (χ0n) is 13.4. The Labute approximate surface area is 136 Å². The summed E-state index contributed by atoms with van der Waals surface area (Å²) in [4.78, 5) is 0. The van der Waals surface area contributed by atoms with Crippen molar-refractivity contribution in [2.24, 2.45) is 5.92 Å². The van der Waals surface area contributed by atoms with Gasteiger partial charge in [-0.3, -0.25) is 0 Å². The second kappa shape index (κ2) is 5.97. The zero-order valence-corrected chi connectivity index (χ0v) is 13.4. The van der Waals surface area contributed by atoms with Gasteiger partial charge in [-0.05, 0) is 48.6 Å². The first kappa shape index (κ1) is 14.7. The molecule has 0 amide bonds. The fourth-order valence-corrected chi connectivity index (χ4v) is 3.94. The maximum absolute atomic E-state index is 13.3. The minimum atomic E-state index is -0.186. The van der Waals surface area contributed by atoms with Crippen molar-refractivity contribution in [3.63, 3.8) is 0 Å². The van der Waals surface area contributed by atoms with E-state index in [1.165, 1.54) is 11.1 Å². The lowest BCUT2D eigenvalue weighted by Crippen LogP contribution is -2.36. The quantitative estimate of drug-likeness (QED) is 0.840. The third-order valence-electron chi connectivity index (χ3n) is 5.17. The van der Waals surface area contributed by atoms with E-state index in [1.54, 1.807) is 12.1 Å². The first-order valence-corrected chi connectivity index (χ1v) is 8.52. The summed E-state index contributed by atoms with van der Waals surface area (Å²) in [5, 5.41) is 3.68. The molecule has 0 saturated carbocycles. The molecule has 3 unspecified atom stereocenters. The number of ether oxygens (including phenoxy) is 1. The van der Waals surface area contributed by atoms with Crippen LogP contribution in [0.3, 0.4) is 0 Å². The highest BCUT2D eigenvalue weighted by molar-refractivity contribution is 5.58. The van der Waals surface area contributed by atoms with Gasteiger partial charge in [0.1, 0.15) is 5.82 Å². The summed E-state index contributed by atoms with van der Waals surface area (Å²) in [5.74, 6) is 0.211. The van der Waals surface area contributed by atoms with Gasteiger partial charge in [-0.1, -0.05) is 31.2 Å². The summed E-state index contributed by atoms with van der Waals surface area (Å²) in [7, 11) is 0. The van der Waals surface area contributed by atoms with E-state index in [1.807, 2.05) is 12.1 Å². The molecule has 2 heterocycles. The van der Waals surface area contributed by atoms with E-state index in [4.69, 9.17) is 4.74 Å². The summed E-state index contributed by atoms with van der Waals surface area (Å²) in [5.41, 5.74) is 4.92.